The van der Waals surface area contributed by atoms with E-state index in [0.29, 0.717) is 11.5 Å². The summed E-state index contributed by atoms with van der Waals surface area (Å²) in [5.74, 6) is 0.703. The van der Waals surface area contributed by atoms with E-state index in [9.17, 15) is 4.79 Å². The number of amides is 1. The highest BCUT2D eigenvalue weighted by molar-refractivity contribution is 5.98. The highest BCUT2D eigenvalue weighted by Gasteiger charge is 2.15. The monoisotopic (exact) mass is 272 g/mol. The molecule has 0 fully saturated rings. The fourth-order valence-corrected chi connectivity index (χ4v) is 2.05. The zero-order valence-corrected chi connectivity index (χ0v) is 11.6. The van der Waals surface area contributed by atoms with Gasteiger partial charge in [0.1, 0.15) is 17.1 Å². The molecule has 6 heteroatoms. The third-order valence-electron chi connectivity index (χ3n) is 3.02. The molecule has 1 heterocycles. The number of carbonyl (C=O) groups excluding carboxylic acids is 1. The first-order valence-electron chi connectivity index (χ1n) is 6.03. The van der Waals surface area contributed by atoms with Crippen LogP contribution in [-0.4, -0.2) is 23.0 Å². The van der Waals surface area contributed by atoms with Crippen molar-refractivity contribution in [2.45, 2.75) is 13.8 Å². The molecule has 0 aliphatic heterocycles. The standard InChI is InChI=1S/C14H16N4O2/c1-7-6-9(4-5-10(7)20-3)14-17-8(2)11(13(16)19)12(15)18-14/h4-6H,1-3H3,(H2,16,19)(H2,15,17,18). The van der Waals surface area contributed by atoms with Crippen LogP contribution in [-0.2, 0) is 0 Å². The van der Waals surface area contributed by atoms with Gasteiger partial charge in [0, 0.05) is 5.56 Å². The number of nitrogens with zero attached hydrogens (tertiary/aromatic N) is 2. The lowest BCUT2D eigenvalue weighted by molar-refractivity contribution is 0.1000. The van der Waals surface area contributed by atoms with Crippen LogP contribution in [0.25, 0.3) is 11.4 Å². The van der Waals surface area contributed by atoms with Crippen molar-refractivity contribution in [2.24, 2.45) is 5.73 Å². The number of hydrogen-bond donors (Lipinski definition) is 2. The lowest BCUT2D eigenvalue weighted by atomic mass is 10.1. The van der Waals surface area contributed by atoms with E-state index in [2.05, 4.69) is 9.97 Å². The minimum Gasteiger partial charge on any atom is -0.496 e. The van der Waals surface area contributed by atoms with Gasteiger partial charge in [0.25, 0.3) is 5.91 Å². The summed E-state index contributed by atoms with van der Waals surface area (Å²) < 4.78 is 5.21. The zero-order chi connectivity index (χ0) is 14.9. The first-order chi connectivity index (χ1) is 9.43. The van der Waals surface area contributed by atoms with Gasteiger partial charge in [0.15, 0.2) is 5.82 Å². The molecule has 20 heavy (non-hydrogen) atoms. The van der Waals surface area contributed by atoms with Crippen molar-refractivity contribution in [2.75, 3.05) is 12.8 Å². The largest absolute Gasteiger partial charge is 0.496 e. The van der Waals surface area contributed by atoms with Crippen LogP contribution in [0.4, 0.5) is 5.82 Å². The maximum Gasteiger partial charge on any atom is 0.254 e. The molecule has 0 spiro atoms. The van der Waals surface area contributed by atoms with Crippen molar-refractivity contribution in [1.29, 1.82) is 0 Å². The molecule has 0 saturated carbocycles. The number of anilines is 1. The van der Waals surface area contributed by atoms with E-state index in [1.54, 1.807) is 14.0 Å². The number of benzene rings is 1. The van der Waals surface area contributed by atoms with Gasteiger partial charge in [0.05, 0.1) is 12.8 Å². The Kier molecular flexibility index (Phi) is 3.56. The third-order valence-corrected chi connectivity index (χ3v) is 3.02. The summed E-state index contributed by atoms with van der Waals surface area (Å²) in [6, 6.07) is 5.57. The summed E-state index contributed by atoms with van der Waals surface area (Å²) in [7, 11) is 1.61. The van der Waals surface area contributed by atoms with Gasteiger partial charge in [-0.2, -0.15) is 0 Å². The van der Waals surface area contributed by atoms with Gasteiger partial charge >= 0.3 is 0 Å². The Balaban J connectivity index is 2.54. The Morgan fingerprint density at radius 1 is 1.25 bits per heavy atom. The highest BCUT2D eigenvalue weighted by Crippen LogP contribution is 2.25. The van der Waals surface area contributed by atoms with Crippen LogP contribution in [0, 0.1) is 13.8 Å². The average molecular weight is 272 g/mol. The van der Waals surface area contributed by atoms with E-state index in [4.69, 9.17) is 16.2 Å². The van der Waals surface area contributed by atoms with Crippen LogP contribution in [0.15, 0.2) is 18.2 Å². The number of ether oxygens (including phenoxy) is 1. The molecule has 2 rings (SSSR count). The molecule has 6 nitrogen and oxygen atoms in total. The predicted octanol–water partition coefficient (Wildman–Crippen LogP) is 1.45. The minimum atomic E-state index is -0.627. The molecule has 2 aromatic rings. The molecule has 1 aromatic heterocycles. The number of carbonyl (C=O) groups is 1. The van der Waals surface area contributed by atoms with Gasteiger partial charge in [-0.15, -0.1) is 0 Å². The van der Waals surface area contributed by atoms with Gasteiger partial charge in [-0.3, -0.25) is 4.79 Å². The topological polar surface area (TPSA) is 104 Å². The van der Waals surface area contributed by atoms with E-state index in [1.165, 1.54) is 0 Å². The maximum absolute atomic E-state index is 11.3. The van der Waals surface area contributed by atoms with Gasteiger partial charge in [0.2, 0.25) is 0 Å². The van der Waals surface area contributed by atoms with E-state index < -0.39 is 5.91 Å². The molecule has 1 aromatic carbocycles. The molecule has 0 radical (unpaired) electrons. The molecule has 1 amide bonds. The van der Waals surface area contributed by atoms with Crippen LogP contribution in [0.1, 0.15) is 21.6 Å². The van der Waals surface area contributed by atoms with Crippen molar-refractivity contribution in [1.82, 2.24) is 9.97 Å². The summed E-state index contributed by atoms with van der Waals surface area (Å²) in [5, 5.41) is 0. The maximum atomic E-state index is 11.3. The first-order valence-corrected chi connectivity index (χ1v) is 6.03. The Morgan fingerprint density at radius 2 is 1.95 bits per heavy atom. The van der Waals surface area contributed by atoms with Gasteiger partial charge in [-0.25, -0.2) is 9.97 Å². The number of aryl methyl sites for hydroxylation is 2. The molecule has 0 unspecified atom stereocenters. The van der Waals surface area contributed by atoms with Crippen LogP contribution < -0.4 is 16.2 Å². The lowest BCUT2D eigenvalue weighted by Crippen LogP contribution is -2.17. The number of primary amides is 1. The van der Waals surface area contributed by atoms with Gasteiger partial charge < -0.3 is 16.2 Å². The Morgan fingerprint density at radius 3 is 2.45 bits per heavy atom. The van der Waals surface area contributed by atoms with E-state index in [0.717, 1.165) is 16.9 Å². The molecule has 0 saturated heterocycles. The second kappa shape index (κ2) is 5.16. The van der Waals surface area contributed by atoms with Crippen LogP contribution in [0.2, 0.25) is 0 Å². The Hall–Kier alpha value is -2.63. The number of methoxy groups -OCH3 is 1. The van der Waals surface area contributed by atoms with Crippen molar-refractivity contribution >= 4 is 11.7 Å². The third kappa shape index (κ3) is 2.40. The zero-order valence-electron chi connectivity index (χ0n) is 11.6. The van der Waals surface area contributed by atoms with Crippen molar-refractivity contribution in [3.63, 3.8) is 0 Å². The number of hydrogen-bond acceptors (Lipinski definition) is 5. The van der Waals surface area contributed by atoms with Crippen LogP contribution in [0.5, 0.6) is 5.75 Å². The predicted molar refractivity (Wildman–Crippen MR) is 76.4 cm³/mol. The number of nitrogen functional groups attached to an aromatic ring is 1. The van der Waals surface area contributed by atoms with E-state index in [1.807, 2.05) is 25.1 Å². The molecular weight excluding hydrogens is 256 g/mol. The molecular formula is C14H16N4O2. The lowest BCUT2D eigenvalue weighted by Gasteiger charge is -2.10. The quantitative estimate of drug-likeness (QED) is 0.880. The summed E-state index contributed by atoms with van der Waals surface area (Å²) >= 11 is 0. The number of aromatic nitrogens is 2. The van der Waals surface area contributed by atoms with Crippen molar-refractivity contribution in [3.8, 4) is 17.1 Å². The second-order valence-corrected chi connectivity index (χ2v) is 4.44. The summed E-state index contributed by atoms with van der Waals surface area (Å²) in [5.41, 5.74) is 13.4. The second-order valence-electron chi connectivity index (χ2n) is 4.44. The smallest absolute Gasteiger partial charge is 0.254 e. The number of rotatable bonds is 3. The molecule has 0 aliphatic rings. The average Bonchev–Trinajstić information content (AvgIpc) is 2.37. The van der Waals surface area contributed by atoms with E-state index in [-0.39, 0.29) is 11.4 Å². The highest BCUT2D eigenvalue weighted by atomic mass is 16.5. The van der Waals surface area contributed by atoms with E-state index >= 15 is 0 Å². The fourth-order valence-electron chi connectivity index (χ4n) is 2.05. The summed E-state index contributed by atoms with van der Waals surface area (Å²) in [4.78, 5) is 19.7. The first kappa shape index (κ1) is 13.8. The summed E-state index contributed by atoms with van der Waals surface area (Å²) in [6.07, 6.45) is 0. The molecule has 4 N–H and O–H groups in total. The van der Waals surface area contributed by atoms with Crippen LogP contribution >= 0.6 is 0 Å². The Labute approximate surface area is 116 Å². The molecule has 0 bridgehead atoms. The molecule has 0 atom stereocenters. The normalized spacial score (nSPS) is 10.3. The number of nitrogens with two attached hydrogens (primary N) is 2. The van der Waals surface area contributed by atoms with Gasteiger partial charge in [-0.05, 0) is 37.6 Å². The fraction of sp³-hybridized carbons (Fsp3) is 0.214. The molecule has 0 aliphatic carbocycles. The van der Waals surface area contributed by atoms with Crippen LogP contribution in [0.3, 0.4) is 0 Å². The Bertz CT molecular complexity index is 660. The van der Waals surface area contributed by atoms with Crippen molar-refractivity contribution in [3.05, 3.63) is 35.0 Å². The van der Waals surface area contributed by atoms with Crippen molar-refractivity contribution < 1.29 is 9.53 Å². The summed E-state index contributed by atoms with van der Waals surface area (Å²) in [6.45, 7) is 3.61. The molecule has 104 valence electrons. The van der Waals surface area contributed by atoms with Gasteiger partial charge in [-0.1, -0.05) is 0 Å². The minimum absolute atomic E-state index is 0.0912. The SMILES string of the molecule is COc1ccc(-c2nc(C)c(C(N)=O)c(N)n2)cc1C.